The van der Waals surface area contributed by atoms with E-state index in [0.717, 1.165) is 5.56 Å². The van der Waals surface area contributed by atoms with E-state index in [0.29, 0.717) is 11.1 Å². The Balaban J connectivity index is 1.99. The van der Waals surface area contributed by atoms with Gasteiger partial charge in [0.25, 0.3) is 0 Å². The van der Waals surface area contributed by atoms with E-state index in [1.165, 1.54) is 16.4 Å². The van der Waals surface area contributed by atoms with E-state index in [2.05, 4.69) is 5.73 Å². The number of rotatable bonds is 4. The summed E-state index contributed by atoms with van der Waals surface area (Å²) in [7, 11) is -3.70. The Hall–Kier alpha value is -2.24. The van der Waals surface area contributed by atoms with Crippen molar-refractivity contribution < 1.29 is 17.9 Å². The first kappa shape index (κ1) is 20.5. The Morgan fingerprint density at radius 2 is 1.82 bits per heavy atom. The van der Waals surface area contributed by atoms with Gasteiger partial charge in [0.1, 0.15) is 5.82 Å². The molecule has 1 heterocycles. The largest absolute Gasteiger partial charge is 0.390 e. The summed E-state index contributed by atoms with van der Waals surface area (Å²) in [6, 6.07) is 13.0. The van der Waals surface area contributed by atoms with Crippen LogP contribution in [0.25, 0.3) is 6.08 Å². The minimum absolute atomic E-state index is 0.107. The molecule has 0 aliphatic carbocycles. The molecule has 0 bridgehead atoms. The van der Waals surface area contributed by atoms with Crippen molar-refractivity contribution >= 4 is 16.1 Å². The summed E-state index contributed by atoms with van der Waals surface area (Å²) in [5.74, 6) is -0.812. The van der Waals surface area contributed by atoms with Crippen LogP contribution in [0.1, 0.15) is 25.0 Å². The highest BCUT2D eigenvalue weighted by atomic mass is 32.2. The van der Waals surface area contributed by atoms with E-state index < -0.39 is 21.5 Å². The number of aryl methyl sites for hydroxylation is 1. The molecule has 0 saturated carbocycles. The van der Waals surface area contributed by atoms with Crippen LogP contribution in [-0.2, 0) is 10.0 Å². The van der Waals surface area contributed by atoms with Gasteiger partial charge in [0, 0.05) is 24.6 Å². The number of hydrogen-bond acceptors (Lipinski definition) is 3. The lowest BCUT2D eigenvalue weighted by Gasteiger charge is -2.25. The highest BCUT2D eigenvalue weighted by molar-refractivity contribution is 7.89. The second kappa shape index (κ2) is 7.64. The molecule has 0 aromatic heterocycles. The third kappa shape index (κ3) is 4.26. The van der Waals surface area contributed by atoms with Crippen LogP contribution in [0.15, 0.2) is 64.7 Å². The zero-order valence-electron chi connectivity index (χ0n) is 16.2. The Bertz CT molecular complexity index is 1030. The number of aliphatic hydroxyl groups is 1. The minimum atomic E-state index is -3.70. The number of sulfonamides is 1. The van der Waals surface area contributed by atoms with Gasteiger partial charge in [0.15, 0.2) is 0 Å². The van der Waals surface area contributed by atoms with Gasteiger partial charge in [-0.15, -0.1) is 5.73 Å². The van der Waals surface area contributed by atoms with Crippen molar-refractivity contribution in [3.8, 4) is 0 Å². The summed E-state index contributed by atoms with van der Waals surface area (Å²) in [6.45, 7) is 5.43. The van der Waals surface area contributed by atoms with Gasteiger partial charge in [0.05, 0.1) is 10.5 Å². The van der Waals surface area contributed by atoms with Crippen molar-refractivity contribution in [3.05, 3.63) is 76.8 Å². The van der Waals surface area contributed by atoms with Gasteiger partial charge in [0.2, 0.25) is 10.0 Å². The normalized spacial score (nSPS) is 18.2. The molecule has 2 aromatic carbocycles. The van der Waals surface area contributed by atoms with Crippen molar-refractivity contribution in [1.29, 1.82) is 0 Å². The first-order valence-corrected chi connectivity index (χ1v) is 10.5. The van der Waals surface area contributed by atoms with Gasteiger partial charge < -0.3 is 5.11 Å². The number of hydrogen-bond donors (Lipinski definition) is 1. The SMILES string of the molecule is Cc1ccc(S(=O)(=O)N2CC(=C=Cc3ccccc3F)C(C(C)(C)O)C2)cc1. The van der Waals surface area contributed by atoms with Crippen molar-refractivity contribution in [3.63, 3.8) is 0 Å². The Morgan fingerprint density at radius 1 is 1.18 bits per heavy atom. The average molecular weight is 402 g/mol. The van der Waals surface area contributed by atoms with Crippen LogP contribution in [0.2, 0.25) is 0 Å². The minimum Gasteiger partial charge on any atom is -0.390 e. The molecule has 0 amide bonds. The fraction of sp³-hybridized carbons (Fsp3) is 0.318. The van der Waals surface area contributed by atoms with Crippen LogP contribution >= 0.6 is 0 Å². The predicted octanol–water partition coefficient (Wildman–Crippen LogP) is 3.76. The second-order valence-corrected chi connectivity index (χ2v) is 9.59. The summed E-state index contributed by atoms with van der Waals surface area (Å²) in [5.41, 5.74) is 3.88. The Morgan fingerprint density at radius 3 is 2.43 bits per heavy atom. The molecule has 0 radical (unpaired) electrons. The van der Waals surface area contributed by atoms with Gasteiger partial charge in [-0.25, -0.2) is 12.8 Å². The smallest absolute Gasteiger partial charge is 0.243 e. The van der Waals surface area contributed by atoms with Crippen LogP contribution in [-0.4, -0.2) is 36.5 Å². The van der Waals surface area contributed by atoms with Crippen molar-refractivity contribution in [1.82, 2.24) is 4.31 Å². The van der Waals surface area contributed by atoms with E-state index in [-0.39, 0.29) is 23.8 Å². The number of benzene rings is 2. The maximum Gasteiger partial charge on any atom is 0.243 e. The van der Waals surface area contributed by atoms with Crippen LogP contribution in [0.3, 0.4) is 0 Å². The van der Waals surface area contributed by atoms with Gasteiger partial charge in [-0.05, 0) is 50.6 Å². The van der Waals surface area contributed by atoms with E-state index in [4.69, 9.17) is 0 Å². The molecule has 1 aliphatic heterocycles. The highest BCUT2D eigenvalue weighted by Crippen LogP contribution is 2.34. The van der Waals surface area contributed by atoms with Crippen LogP contribution in [0.4, 0.5) is 4.39 Å². The summed E-state index contributed by atoms with van der Waals surface area (Å²) in [6.07, 6.45) is 1.51. The van der Waals surface area contributed by atoms with Crippen molar-refractivity contribution in [2.45, 2.75) is 31.3 Å². The standard InChI is InChI=1S/C22H24FNO3S/c1-16-8-12-19(13-9-16)28(26,27)24-14-18(20(15-24)22(2,3)25)11-10-17-6-4-5-7-21(17)23/h4-10,12-13,20,25H,14-15H2,1-3H3. The average Bonchev–Trinajstić information content (AvgIpc) is 3.07. The molecule has 1 N–H and O–H groups in total. The lowest BCUT2D eigenvalue weighted by Crippen LogP contribution is -2.35. The molecule has 148 valence electrons. The molecule has 3 rings (SSSR count). The van der Waals surface area contributed by atoms with Crippen LogP contribution < -0.4 is 0 Å². The van der Waals surface area contributed by atoms with E-state index in [9.17, 15) is 17.9 Å². The maximum atomic E-state index is 13.9. The zero-order valence-corrected chi connectivity index (χ0v) is 17.0. The molecule has 4 nitrogen and oxygen atoms in total. The fourth-order valence-electron chi connectivity index (χ4n) is 3.28. The second-order valence-electron chi connectivity index (χ2n) is 7.65. The molecular formula is C22H24FNO3S. The molecule has 1 saturated heterocycles. The zero-order chi connectivity index (χ0) is 20.5. The van der Waals surface area contributed by atoms with Gasteiger partial charge >= 0.3 is 0 Å². The van der Waals surface area contributed by atoms with E-state index in [1.807, 2.05) is 6.92 Å². The molecule has 28 heavy (non-hydrogen) atoms. The topological polar surface area (TPSA) is 57.6 Å². The maximum absolute atomic E-state index is 13.9. The molecule has 0 spiro atoms. The fourth-order valence-corrected chi connectivity index (χ4v) is 4.71. The first-order valence-electron chi connectivity index (χ1n) is 9.08. The summed E-state index contributed by atoms with van der Waals surface area (Å²) in [4.78, 5) is 0.215. The predicted molar refractivity (Wildman–Crippen MR) is 108 cm³/mol. The Kier molecular flexibility index (Phi) is 5.60. The lowest BCUT2D eigenvalue weighted by atomic mass is 9.87. The van der Waals surface area contributed by atoms with Crippen molar-refractivity contribution in [2.24, 2.45) is 5.92 Å². The molecule has 6 heteroatoms. The van der Waals surface area contributed by atoms with Gasteiger partial charge in [-0.3, -0.25) is 0 Å². The molecule has 1 atom stereocenters. The number of halogens is 1. The van der Waals surface area contributed by atoms with E-state index in [1.54, 1.807) is 56.3 Å². The summed E-state index contributed by atoms with van der Waals surface area (Å²) < 4.78 is 41.3. The van der Waals surface area contributed by atoms with Gasteiger partial charge in [-0.1, -0.05) is 35.9 Å². The van der Waals surface area contributed by atoms with Gasteiger partial charge in [-0.2, -0.15) is 4.31 Å². The summed E-state index contributed by atoms with van der Waals surface area (Å²) in [5, 5.41) is 10.6. The third-order valence-corrected chi connectivity index (χ3v) is 6.81. The monoisotopic (exact) mass is 401 g/mol. The summed E-state index contributed by atoms with van der Waals surface area (Å²) >= 11 is 0. The quantitative estimate of drug-likeness (QED) is 0.794. The molecule has 1 aliphatic rings. The molecule has 1 unspecified atom stereocenters. The third-order valence-electron chi connectivity index (χ3n) is 4.98. The lowest BCUT2D eigenvalue weighted by molar-refractivity contribution is 0.0367. The van der Waals surface area contributed by atoms with Crippen molar-refractivity contribution in [2.75, 3.05) is 13.1 Å². The first-order chi connectivity index (χ1) is 13.1. The van der Waals surface area contributed by atoms with E-state index >= 15 is 0 Å². The molecular weight excluding hydrogens is 377 g/mol. The van der Waals surface area contributed by atoms with Crippen LogP contribution in [0, 0.1) is 18.7 Å². The molecule has 2 aromatic rings. The van der Waals surface area contributed by atoms with Crippen LogP contribution in [0.5, 0.6) is 0 Å². The molecule has 1 fully saturated rings. The highest BCUT2D eigenvalue weighted by Gasteiger charge is 2.42. The Labute approximate surface area is 165 Å². The number of nitrogens with zero attached hydrogens (tertiary/aromatic N) is 1.